The predicted octanol–water partition coefficient (Wildman–Crippen LogP) is 4.16. The summed E-state index contributed by atoms with van der Waals surface area (Å²) < 4.78 is 5.79. The third kappa shape index (κ3) is 4.55. The number of rotatable bonds is 8. The average molecular weight is 316 g/mol. The zero-order valence-corrected chi connectivity index (χ0v) is 13.5. The Morgan fingerprint density at radius 3 is 2.39 bits per heavy atom. The van der Waals surface area contributed by atoms with E-state index in [9.17, 15) is 15.3 Å². The Kier molecular flexibility index (Phi) is 6.15. The number of hydrogen-bond donors (Lipinski definition) is 3. The maximum absolute atomic E-state index is 9.90. The minimum absolute atomic E-state index is 0.0355. The molecule has 3 N–H and O–H groups in total. The minimum Gasteiger partial charge on any atom is -0.508 e. The Hall–Kier alpha value is -2.36. The van der Waals surface area contributed by atoms with E-state index < -0.39 is 0 Å². The molecule has 0 aliphatic rings. The molecule has 0 bridgehead atoms. The van der Waals surface area contributed by atoms with Gasteiger partial charge in [0.05, 0.1) is 6.61 Å². The highest BCUT2D eigenvalue weighted by Crippen LogP contribution is 2.30. The van der Waals surface area contributed by atoms with Gasteiger partial charge in [0.2, 0.25) is 0 Å². The Morgan fingerprint density at radius 2 is 1.61 bits per heavy atom. The second-order valence-electron chi connectivity index (χ2n) is 5.59. The lowest BCUT2D eigenvalue weighted by atomic mass is 10.1. The Labute approximate surface area is 137 Å². The molecule has 0 heterocycles. The molecule has 4 nitrogen and oxygen atoms in total. The van der Waals surface area contributed by atoms with Crippen LogP contribution in [0.2, 0.25) is 0 Å². The lowest BCUT2D eigenvalue weighted by Crippen LogP contribution is -2.01. The molecule has 0 amide bonds. The fourth-order valence-corrected chi connectivity index (χ4v) is 2.57. The molecule has 0 aliphatic heterocycles. The van der Waals surface area contributed by atoms with E-state index in [0.29, 0.717) is 13.0 Å². The normalized spacial score (nSPS) is 10.7. The second-order valence-corrected chi connectivity index (χ2v) is 5.59. The summed E-state index contributed by atoms with van der Waals surface area (Å²) in [6.45, 7) is 2.62. The first-order chi connectivity index (χ1) is 11.1. The third-order valence-electron chi connectivity index (χ3n) is 3.80. The van der Waals surface area contributed by atoms with E-state index in [-0.39, 0.29) is 17.2 Å². The molecule has 4 heteroatoms. The molecule has 0 spiro atoms. The first kappa shape index (κ1) is 17.0. The number of phenols is 3. The number of aromatic hydroxyl groups is 3. The van der Waals surface area contributed by atoms with E-state index in [2.05, 4.69) is 6.92 Å². The molecule has 2 rings (SSSR count). The topological polar surface area (TPSA) is 69.9 Å². The highest BCUT2D eigenvalue weighted by Gasteiger charge is 2.08. The van der Waals surface area contributed by atoms with Crippen molar-refractivity contribution >= 4 is 0 Å². The van der Waals surface area contributed by atoms with Crippen LogP contribution in [0.15, 0.2) is 36.4 Å². The highest BCUT2D eigenvalue weighted by molar-refractivity contribution is 5.44. The molecule has 0 aliphatic carbocycles. The highest BCUT2D eigenvalue weighted by atomic mass is 16.5. The largest absolute Gasteiger partial charge is 0.508 e. The molecule has 23 heavy (non-hydrogen) atoms. The SMILES string of the molecule is CCCc1c(O)cccc1OCCCCc1cccc(O)c1O. The Balaban J connectivity index is 1.82. The standard InChI is InChI=1S/C19H24O4/c1-2-7-15-16(20)10-6-12-18(15)23-13-4-3-8-14-9-5-11-17(21)19(14)22/h5-6,9-12,20-22H,2-4,7-8,13H2,1H3. The summed E-state index contributed by atoms with van der Waals surface area (Å²) in [5.74, 6) is 0.912. The maximum Gasteiger partial charge on any atom is 0.160 e. The monoisotopic (exact) mass is 316 g/mol. The molecule has 124 valence electrons. The molecule has 0 unspecified atom stereocenters. The summed E-state index contributed by atoms with van der Waals surface area (Å²) in [6, 6.07) is 10.4. The summed E-state index contributed by atoms with van der Waals surface area (Å²) in [6.07, 6.45) is 4.10. The van der Waals surface area contributed by atoms with Crippen LogP contribution < -0.4 is 4.74 Å². The van der Waals surface area contributed by atoms with E-state index in [0.717, 1.165) is 42.6 Å². The van der Waals surface area contributed by atoms with Crippen LogP contribution in [-0.2, 0) is 12.8 Å². The fourth-order valence-electron chi connectivity index (χ4n) is 2.57. The number of aryl methyl sites for hydroxylation is 1. The van der Waals surface area contributed by atoms with Crippen molar-refractivity contribution in [2.45, 2.75) is 39.0 Å². The smallest absolute Gasteiger partial charge is 0.160 e. The summed E-state index contributed by atoms with van der Waals surface area (Å²) in [5.41, 5.74) is 1.61. The van der Waals surface area contributed by atoms with Crippen LogP contribution in [0.3, 0.4) is 0 Å². The molecular formula is C19H24O4. The van der Waals surface area contributed by atoms with E-state index in [4.69, 9.17) is 4.74 Å². The van der Waals surface area contributed by atoms with Crippen LogP contribution in [0.4, 0.5) is 0 Å². The van der Waals surface area contributed by atoms with Crippen LogP contribution >= 0.6 is 0 Å². The quantitative estimate of drug-likeness (QED) is 0.505. The molecule has 2 aromatic rings. The number of para-hydroxylation sites is 1. The molecule has 2 aromatic carbocycles. The van der Waals surface area contributed by atoms with Gasteiger partial charge in [-0.15, -0.1) is 0 Å². The molecule has 0 radical (unpaired) electrons. The van der Waals surface area contributed by atoms with E-state index in [1.54, 1.807) is 18.2 Å². The number of hydrogen-bond acceptors (Lipinski definition) is 4. The van der Waals surface area contributed by atoms with Crippen LogP contribution in [0.1, 0.15) is 37.3 Å². The van der Waals surface area contributed by atoms with E-state index >= 15 is 0 Å². The predicted molar refractivity (Wildman–Crippen MR) is 90.3 cm³/mol. The van der Waals surface area contributed by atoms with Gasteiger partial charge < -0.3 is 20.1 Å². The van der Waals surface area contributed by atoms with Crippen LogP contribution in [0.5, 0.6) is 23.0 Å². The van der Waals surface area contributed by atoms with Crippen molar-refractivity contribution in [2.75, 3.05) is 6.61 Å². The van der Waals surface area contributed by atoms with Crippen molar-refractivity contribution in [2.24, 2.45) is 0 Å². The van der Waals surface area contributed by atoms with Crippen molar-refractivity contribution in [3.63, 3.8) is 0 Å². The van der Waals surface area contributed by atoms with E-state index in [1.165, 1.54) is 6.07 Å². The molecule has 0 aromatic heterocycles. The van der Waals surface area contributed by atoms with Crippen molar-refractivity contribution in [1.29, 1.82) is 0 Å². The Morgan fingerprint density at radius 1 is 0.870 bits per heavy atom. The van der Waals surface area contributed by atoms with E-state index in [1.807, 2.05) is 12.1 Å². The third-order valence-corrected chi connectivity index (χ3v) is 3.80. The molecular weight excluding hydrogens is 292 g/mol. The summed E-state index contributed by atoms with van der Waals surface area (Å²) in [7, 11) is 0. The number of unbranched alkanes of at least 4 members (excludes halogenated alkanes) is 1. The van der Waals surface area contributed by atoms with Crippen molar-refractivity contribution in [3.8, 4) is 23.0 Å². The van der Waals surface area contributed by atoms with Gasteiger partial charge in [0, 0.05) is 5.56 Å². The molecule has 0 saturated heterocycles. The second kappa shape index (κ2) is 8.32. The Bertz CT molecular complexity index is 637. The zero-order chi connectivity index (χ0) is 16.7. The lowest BCUT2D eigenvalue weighted by Gasteiger charge is -2.12. The van der Waals surface area contributed by atoms with Crippen molar-refractivity contribution < 1.29 is 20.1 Å². The van der Waals surface area contributed by atoms with Gasteiger partial charge in [-0.25, -0.2) is 0 Å². The summed E-state index contributed by atoms with van der Waals surface area (Å²) in [5, 5.41) is 29.1. The van der Waals surface area contributed by atoms with Crippen molar-refractivity contribution in [3.05, 3.63) is 47.5 Å². The number of ether oxygens (including phenoxy) is 1. The fraction of sp³-hybridized carbons (Fsp3) is 0.368. The van der Waals surface area contributed by atoms with Gasteiger partial charge in [-0.1, -0.05) is 31.5 Å². The van der Waals surface area contributed by atoms with Crippen LogP contribution in [0, 0.1) is 0 Å². The average Bonchev–Trinajstić information content (AvgIpc) is 2.54. The summed E-state index contributed by atoms with van der Waals surface area (Å²) in [4.78, 5) is 0. The number of phenolic OH excluding ortho intramolecular Hbond substituents is 3. The van der Waals surface area contributed by atoms with Gasteiger partial charge in [0.25, 0.3) is 0 Å². The van der Waals surface area contributed by atoms with Crippen LogP contribution in [-0.4, -0.2) is 21.9 Å². The zero-order valence-electron chi connectivity index (χ0n) is 13.5. The van der Waals surface area contributed by atoms with Gasteiger partial charge in [-0.05, 0) is 49.4 Å². The summed E-state index contributed by atoms with van der Waals surface area (Å²) >= 11 is 0. The van der Waals surface area contributed by atoms with Crippen molar-refractivity contribution in [1.82, 2.24) is 0 Å². The first-order valence-corrected chi connectivity index (χ1v) is 8.07. The van der Waals surface area contributed by atoms with Gasteiger partial charge >= 0.3 is 0 Å². The number of benzene rings is 2. The van der Waals surface area contributed by atoms with Gasteiger partial charge in [0.15, 0.2) is 11.5 Å². The van der Waals surface area contributed by atoms with Gasteiger partial charge in [-0.3, -0.25) is 0 Å². The van der Waals surface area contributed by atoms with Gasteiger partial charge in [0.1, 0.15) is 11.5 Å². The molecule has 0 fully saturated rings. The van der Waals surface area contributed by atoms with Crippen LogP contribution in [0.25, 0.3) is 0 Å². The molecule has 0 atom stereocenters. The minimum atomic E-state index is -0.0808. The molecule has 0 saturated carbocycles. The van der Waals surface area contributed by atoms with Gasteiger partial charge in [-0.2, -0.15) is 0 Å². The first-order valence-electron chi connectivity index (χ1n) is 8.07. The maximum atomic E-state index is 9.90. The lowest BCUT2D eigenvalue weighted by molar-refractivity contribution is 0.301.